The highest BCUT2D eigenvalue weighted by Crippen LogP contribution is 2.22. The quantitative estimate of drug-likeness (QED) is 0.546. The lowest BCUT2D eigenvalue weighted by molar-refractivity contribution is 0.0234. The van der Waals surface area contributed by atoms with Gasteiger partial charge in [0.25, 0.3) is 5.91 Å². The molecule has 1 aromatic heterocycles. The highest BCUT2D eigenvalue weighted by molar-refractivity contribution is 5.99. The fourth-order valence-electron chi connectivity index (χ4n) is 3.51. The fourth-order valence-corrected chi connectivity index (χ4v) is 3.51. The molecule has 0 saturated carbocycles. The lowest BCUT2D eigenvalue weighted by Crippen LogP contribution is -2.37. The zero-order valence-corrected chi connectivity index (χ0v) is 17.3. The van der Waals surface area contributed by atoms with Crippen LogP contribution in [0.1, 0.15) is 21.5 Å². The zero-order valence-electron chi connectivity index (χ0n) is 17.3. The molecular weight excluding hydrogens is 392 g/mol. The normalized spacial score (nSPS) is 13.6. The smallest absolute Gasteiger partial charge is 0.276 e. The standard InChI is InChI=1S/C24H26N4O3/c29-24(21-6-2-3-7-22(21)26-17-19-9-11-25-12-10-19)27-31-18-20-5-1-4-8-23(20)28-13-15-30-16-14-28/h1-12,26H,13-18H2,(H,27,29). The number of ether oxygens (including phenoxy) is 1. The number of hydrogen-bond acceptors (Lipinski definition) is 6. The van der Waals surface area contributed by atoms with E-state index in [4.69, 9.17) is 9.57 Å². The summed E-state index contributed by atoms with van der Waals surface area (Å²) in [5.74, 6) is -0.290. The Balaban J connectivity index is 1.36. The van der Waals surface area contributed by atoms with Gasteiger partial charge in [0.05, 0.1) is 18.8 Å². The van der Waals surface area contributed by atoms with Crippen molar-refractivity contribution in [3.8, 4) is 0 Å². The molecule has 0 atom stereocenters. The van der Waals surface area contributed by atoms with Crippen LogP contribution < -0.4 is 15.7 Å². The van der Waals surface area contributed by atoms with Gasteiger partial charge in [0.15, 0.2) is 0 Å². The van der Waals surface area contributed by atoms with Crippen LogP contribution in [0.4, 0.5) is 11.4 Å². The molecule has 1 aliphatic rings. The van der Waals surface area contributed by atoms with Gasteiger partial charge in [-0.3, -0.25) is 14.6 Å². The molecule has 2 aromatic carbocycles. The molecule has 0 aliphatic carbocycles. The maximum atomic E-state index is 12.7. The van der Waals surface area contributed by atoms with Gasteiger partial charge in [-0.05, 0) is 35.9 Å². The topological polar surface area (TPSA) is 75.7 Å². The van der Waals surface area contributed by atoms with Crippen LogP contribution in [0, 0.1) is 0 Å². The first-order chi connectivity index (χ1) is 15.3. The first kappa shape index (κ1) is 20.8. The summed E-state index contributed by atoms with van der Waals surface area (Å²) in [6, 6.07) is 19.3. The van der Waals surface area contributed by atoms with Crippen molar-refractivity contribution in [2.75, 3.05) is 36.5 Å². The Morgan fingerprint density at radius 1 is 1.00 bits per heavy atom. The van der Waals surface area contributed by atoms with E-state index in [1.807, 2.05) is 48.5 Å². The maximum Gasteiger partial charge on any atom is 0.276 e. The number of benzene rings is 2. The van der Waals surface area contributed by atoms with Crippen molar-refractivity contribution in [3.63, 3.8) is 0 Å². The maximum absolute atomic E-state index is 12.7. The van der Waals surface area contributed by atoms with E-state index in [1.165, 1.54) is 0 Å². The van der Waals surface area contributed by atoms with E-state index in [9.17, 15) is 4.79 Å². The average Bonchev–Trinajstić information content (AvgIpc) is 2.84. The first-order valence-corrected chi connectivity index (χ1v) is 10.4. The molecule has 7 nitrogen and oxygen atoms in total. The van der Waals surface area contributed by atoms with E-state index in [0.29, 0.717) is 12.1 Å². The monoisotopic (exact) mass is 418 g/mol. The van der Waals surface area contributed by atoms with Gasteiger partial charge in [0, 0.05) is 49.0 Å². The molecule has 160 valence electrons. The van der Waals surface area contributed by atoms with Crippen LogP contribution in [-0.2, 0) is 22.7 Å². The number of carbonyl (C=O) groups excluding carboxylic acids is 1. The molecule has 1 amide bonds. The summed E-state index contributed by atoms with van der Waals surface area (Å²) in [7, 11) is 0. The SMILES string of the molecule is O=C(NOCc1ccccc1N1CCOCC1)c1ccccc1NCc1ccncc1. The molecule has 3 aromatic rings. The number of morpholine rings is 1. The number of para-hydroxylation sites is 2. The fraction of sp³-hybridized carbons (Fsp3) is 0.250. The number of carbonyl (C=O) groups is 1. The number of nitrogens with one attached hydrogen (secondary N) is 2. The van der Waals surface area contributed by atoms with Gasteiger partial charge >= 0.3 is 0 Å². The van der Waals surface area contributed by atoms with Gasteiger partial charge in [-0.1, -0.05) is 30.3 Å². The van der Waals surface area contributed by atoms with Crippen LogP contribution in [0.5, 0.6) is 0 Å². The van der Waals surface area contributed by atoms with Gasteiger partial charge in [-0.25, -0.2) is 5.48 Å². The van der Waals surface area contributed by atoms with Crippen LogP contribution in [0.3, 0.4) is 0 Å². The Morgan fingerprint density at radius 3 is 2.58 bits per heavy atom. The number of hydroxylamine groups is 1. The number of nitrogens with zero attached hydrogens (tertiary/aromatic N) is 2. The molecule has 1 fully saturated rings. The van der Waals surface area contributed by atoms with Gasteiger partial charge < -0.3 is 15.0 Å². The number of anilines is 2. The predicted octanol–water partition coefficient (Wildman–Crippen LogP) is 3.39. The average molecular weight is 418 g/mol. The second kappa shape index (κ2) is 10.6. The van der Waals surface area contributed by atoms with Crippen molar-refractivity contribution in [3.05, 3.63) is 89.7 Å². The molecule has 7 heteroatoms. The summed E-state index contributed by atoms with van der Waals surface area (Å²) in [6.07, 6.45) is 3.50. The predicted molar refractivity (Wildman–Crippen MR) is 120 cm³/mol. The third-order valence-electron chi connectivity index (χ3n) is 5.14. The van der Waals surface area contributed by atoms with E-state index < -0.39 is 0 Å². The third kappa shape index (κ3) is 5.59. The Bertz CT molecular complexity index is 991. The van der Waals surface area contributed by atoms with E-state index in [2.05, 4.69) is 26.7 Å². The minimum absolute atomic E-state index is 0.284. The van der Waals surface area contributed by atoms with E-state index in [-0.39, 0.29) is 12.5 Å². The summed E-state index contributed by atoms with van der Waals surface area (Å²) in [5, 5.41) is 3.31. The molecule has 0 radical (unpaired) electrons. The summed E-state index contributed by atoms with van der Waals surface area (Å²) < 4.78 is 5.44. The van der Waals surface area contributed by atoms with Gasteiger partial charge in [0.2, 0.25) is 0 Å². The highest BCUT2D eigenvalue weighted by Gasteiger charge is 2.15. The molecule has 1 aliphatic heterocycles. The van der Waals surface area contributed by atoms with Crippen molar-refractivity contribution in [1.29, 1.82) is 0 Å². The molecule has 2 heterocycles. The molecule has 31 heavy (non-hydrogen) atoms. The van der Waals surface area contributed by atoms with Gasteiger partial charge in [-0.2, -0.15) is 0 Å². The van der Waals surface area contributed by atoms with Crippen LogP contribution in [0.25, 0.3) is 0 Å². The van der Waals surface area contributed by atoms with Crippen molar-refractivity contribution < 1.29 is 14.4 Å². The second-order valence-corrected chi connectivity index (χ2v) is 7.20. The summed E-state index contributed by atoms with van der Waals surface area (Å²) in [6.45, 7) is 4.01. The minimum atomic E-state index is -0.290. The Hall–Kier alpha value is -3.42. The van der Waals surface area contributed by atoms with E-state index in [1.54, 1.807) is 18.5 Å². The lowest BCUT2D eigenvalue weighted by Gasteiger charge is -2.30. The first-order valence-electron chi connectivity index (χ1n) is 10.4. The van der Waals surface area contributed by atoms with Crippen LogP contribution in [0.2, 0.25) is 0 Å². The Labute approximate surface area is 182 Å². The second-order valence-electron chi connectivity index (χ2n) is 7.20. The molecule has 1 saturated heterocycles. The number of amides is 1. The zero-order chi connectivity index (χ0) is 21.3. The Kier molecular flexibility index (Phi) is 7.10. The number of pyridine rings is 1. The molecule has 2 N–H and O–H groups in total. The lowest BCUT2D eigenvalue weighted by atomic mass is 10.1. The van der Waals surface area contributed by atoms with E-state index >= 15 is 0 Å². The summed E-state index contributed by atoms with van der Waals surface area (Å²) >= 11 is 0. The summed E-state index contributed by atoms with van der Waals surface area (Å²) in [4.78, 5) is 24.6. The largest absolute Gasteiger partial charge is 0.380 e. The number of rotatable bonds is 8. The molecule has 0 spiro atoms. The van der Waals surface area contributed by atoms with Crippen LogP contribution in [0.15, 0.2) is 73.1 Å². The van der Waals surface area contributed by atoms with Gasteiger partial charge in [0.1, 0.15) is 6.61 Å². The van der Waals surface area contributed by atoms with Gasteiger partial charge in [-0.15, -0.1) is 0 Å². The van der Waals surface area contributed by atoms with Crippen molar-refractivity contribution in [2.24, 2.45) is 0 Å². The molecular formula is C24H26N4O3. The highest BCUT2D eigenvalue weighted by atomic mass is 16.6. The Morgan fingerprint density at radius 2 is 1.74 bits per heavy atom. The van der Waals surface area contributed by atoms with Crippen LogP contribution in [-0.4, -0.2) is 37.2 Å². The van der Waals surface area contributed by atoms with Crippen molar-refractivity contribution in [2.45, 2.75) is 13.2 Å². The molecule has 0 unspecified atom stereocenters. The summed E-state index contributed by atoms with van der Waals surface area (Å²) in [5.41, 5.74) is 7.07. The van der Waals surface area contributed by atoms with Crippen molar-refractivity contribution >= 4 is 17.3 Å². The number of aromatic nitrogens is 1. The minimum Gasteiger partial charge on any atom is -0.380 e. The van der Waals surface area contributed by atoms with Crippen LogP contribution >= 0.6 is 0 Å². The van der Waals surface area contributed by atoms with E-state index in [0.717, 1.165) is 48.8 Å². The third-order valence-corrected chi connectivity index (χ3v) is 5.14. The molecule has 0 bridgehead atoms. The van der Waals surface area contributed by atoms with Crippen molar-refractivity contribution in [1.82, 2.24) is 10.5 Å². The number of hydrogen-bond donors (Lipinski definition) is 2. The molecule has 4 rings (SSSR count).